The van der Waals surface area contributed by atoms with Crippen LogP contribution in [0.5, 0.6) is 0 Å². The number of nitrogens with zero attached hydrogens (tertiary/aromatic N) is 2. The first-order valence-corrected chi connectivity index (χ1v) is 5.81. The number of rotatable bonds is 4. The summed E-state index contributed by atoms with van der Waals surface area (Å²) in [7, 11) is 0. The first kappa shape index (κ1) is 13.5. The molecule has 16 heavy (non-hydrogen) atoms. The molecule has 90 valence electrons. The first-order valence-electron chi connectivity index (χ1n) is 5.06. The summed E-state index contributed by atoms with van der Waals surface area (Å²) >= 11 is 11.7. The Labute approximate surface area is 106 Å². The maximum atomic E-state index is 5.93. The molecule has 1 aromatic heterocycles. The Morgan fingerprint density at radius 2 is 2.06 bits per heavy atom. The Bertz CT molecular complexity index is 370. The van der Waals surface area contributed by atoms with E-state index in [9.17, 15) is 0 Å². The van der Waals surface area contributed by atoms with Gasteiger partial charge in [0.05, 0.1) is 5.69 Å². The highest BCUT2D eigenvalue weighted by atomic mass is 35.5. The van der Waals surface area contributed by atoms with Gasteiger partial charge in [-0.3, -0.25) is 0 Å². The lowest BCUT2D eigenvalue weighted by Crippen LogP contribution is -2.47. The normalized spacial score (nSPS) is 14.9. The van der Waals surface area contributed by atoms with Crippen LogP contribution >= 0.6 is 23.2 Å². The van der Waals surface area contributed by atoms with Crippen LogP contribution in [0.4, 0.5) is 5.69 Å². The zero-order valence-electron chi connectivity index (χ0n) is 9.59. The number of hydrogen-bond donors (Lipinski definition) is 2. The Kier molecular flexibility index (Phi) is 4.35. The van der Waals surface area contributed by atoms with Crippen LogP contribution in [-0.2, 0) is 0 Å². The number of anilines is 1. The summed E-state index contributed by atoms with van der Waals surface area (Å²) < 4.78 is 0. The molecule has 0 fully saturated rings. The van der Waals surface area contributed by atoms with E-state index >= 15 is 0 Å². The second kappa shape index (κ2) is 5.17. The van der Waals surface area contributed by atoms with Gasteiger partial charge in [-0.2, -0.15) is 0 Å². The minimum atomic E-state index is -0.254. The summed E-state index contributed by atoms with van der Waals surface area (Å²) in [5.74, 6) is 0.348. The topological polar surface area (TPSA) is 63.8 Å². The third-order valence-electron chi connectivity index (χ3n) is 2.84. The zero-order chi connectivity index (χ0) is 12.3. The molecule has 0 spiro atoms. The fourth-order valence-corrected chi connectivity index (χ4v) is 1.47. The molecule has 0 aliphatic carbocycles. The smallest absolute Gasteiger partial charge is 0.174 e. The van der Waals surface area contributed by atoms with Gasteiger partial charge in [0.1, 0.15) is 0 Å². The third kappa shape index (κ3) is 2.97. The monoisotopic (exact) mass is 262 g/mol. The summed E-state index contributed by atoms with van der Waals surface area (Å²) in [6.07, 6.45) is 0. The largest absolute Gasteiger partial charge is 0.376 e. The summed E-state index contributed by atoms with van der Waals surface area (Å²) in [5, 5.41) is 11.3. The van der Waals surface area contributed by atoms with Crippen molar-refractivity contribution in [3.05, 3.63) is 16.4 Å². The van der Waals surface area contributed by atoms with Crippen molar-refractivity contribution >= 4 is 28.9 Å². The molecule has 0 radical (unpaired) electrons. The Hall–Kier alpha value is -0.580. The van der Waals surface area contributed by atoms with Gasteiger partial charge in [0.2, 0.25) is 0 Å². The van der Waals surface area contributed by atoms with E-state index in [-0.39, 0.29) is 5.54 Å². The van der Waals surface area contributed by atoms with Crippen molar-refractivity contribution in [3.63, 3.8) is 0 Å². The van der Waals surface area contributed by atoms with E-state index in [1.54, 1.807) is 6.07 Å². The second-order valence-corrected chi connectivity index (χ2v) is 5.02. The molecule has 0 aromatic carbocycles. The number of nitrogens with two attached hydrogens (primary N) is 1. The minimum Gasteiger partial charge on any atom is -0.376 e. The molecular formula is C10H16Cl2N4. The molecule has 4 nitrogen and oxygen atoms in total. The van der Waals surface area contributed by atoms with Crippen LogP contribution in [0.15, 0.2) is 6.07 Å². The van der Waals surface area contributed by atoms with E-state index < -0.39 is 0 Å². The Morgan fingerprint density at radius 1 is 1.44 bits per heavy atom. The number of aromatic nitrogens is 2. The van der Waals surface area contributed by atoms with Crippen molar-refractivity contribution in [1.29, 1.82) is 0 Å². The van der Waals surface area contributed by atoms with Crippen LogP contribution in [0.2, 0.25) is 10.3 Å². The lowest BCUT2D eigenvalue weighted by Gasteiger charge is -2.34. The average Bonchev–Trinajstić information content (AvgIpc) is 2.23. The highest BCUT2D eigenvalue weighted by Crippen LogP contribution is 2.27. The molecule has 0 bridgehead atoms. The molecular weight excluding hydrogens is 247 g/mol. The highest BCUT2D eigenvalue weighted by molar-refractivity contribution is 6.33. The van der Waals surface area contributed by atoms with Crippen LogP contribution in [0.3, 0.4) is 0 Å². The van der Waals surface area contributed by atoms with Gasteiger partial charge in [-0.1, -0.05) is 37.0 Å². The molecule has 0 aliphatic rings. The van der Waals surface area contributed by atoms with Crippen LogP contribution in [0.25, 0.3) is 0 Å². The van der Waals surface area contributed by atoms with E-state index in [0.29, 0.717) is 28.5 Å². The fourth-order valence-electron chi connectivity index (χ4n) is 1.18. The van der Waals surface area contributed by atoms with Crippen LogP contribution in [0.1, 0.15) is 20.8 Å². The van der Waals surface area contributed by atoms with E-state index in [2.05, 4.69) is 29.4 Å². The average molecular weight is 263 g/mol. The predicted octanol–water partition coefficient (Wildman–Crippen LogP) is 2.57. The molecule has 3 N–H and O–H groups in total. The predicted molar refractivity (Wildman–Crippen MR) is 68.0 cm³/mol. The molecule has 0 aliphatic heterocycles. The molecule has 0 amide bonds. The van der Waals surface area contributed by atoms with Crippen molar-refractivity contribution in [1.82, 2.24) is 10.2 Å². The van der Waals surface area contributed by atoms with E-state index in [1.165, 1.54) is 0 Å². The van der Waals surface area contributed by atoms with Gasteiger partial charge in [-0.25, -0.2) is 0 Å². The van der Waals surface area contributed by atoms with Crippen molar-refractivity contribution in [2.75, 3.05) is 11.9 Å². The minimum absolute atomic E-state index is 0.254. The van der Waals surface area contributed by atoms with Crippen LogP contribution < -0.4 is 11.1 Å². The van der Waals surface area contributed by atoms with Gasteiger partial charge in [0.15, 0.2) is 10.3 Å². The lowest BCUT2D eigenvalue weighted by atomic mass is 9.88. The molecule has 0 saturated heterocycles. The van der Waals surface area contributed by atoms with Crippen molar-refractivity contribution < 1.29 is 0 Å². The number of halogens is 2. The summed E-state index contributed by atoms with van der Waals surface area (Å²) in [6.45, 7) is 6.69. The van der Waals surface area contributed by atoms with Gasteiger partial charge >= 0.3 is 0 Å². The summed E-state index contributed by atoms with van der Waals surface area (Å²) in [6, 6.07) is 1.65. The Morgan fingerprint density at radius 3 is 2.56 bits per heavy atom. The van der Waals surface area contributed by atoms with E-state index in [0.717, 1.165) is 0 Å². The van der Waals surface area contributed by atoms with Gasteiger partial charge < -0.3 is 11.1 Å². The van der Waals surface area contributed by atoms with Gasteiger partial charge in [-0.05, 0) is 12.8 Å². The molecule has 1 aromatic rings. The van der Waals surface area contributed by atoms with E-state index in [1.807, 2.05) is 6.92 Å². The molecule has 1 heterocycles. The SMILES string of the molecule is CC(C)C(C)(CN)Nc1cc(Cl)nnc1Cl. The molecule has 1 atom stereocenters. The number of hydrogen-bond acceptors (Lipinski definition) is 4. The fraction of sp³-hybridized carbons (Fsp3) is 0.600. The van der Waals surface area contributed by atoms with Crippen LogP contribution in [0, 0.1) is 5.92 Å². The second-order valence-electron chi connectivity index (χ2n) is 4.27. The van der Waals surface area contributed by atoms with E-state index in [4.69, 9.17) is 28.9 Å². The third-order valence-corrected chi connectivity index (χ3v) is 3.30. The Balaban J connectivity index is 2.98. The lowest BCUT2D eigenvalue weighted by molar-refractivity contribution is 0.382. The zero-order valence-corrected chi connectivity index (χ0v) is 11.1. The van der Waals surface area contributed by atoms with Gasteiger partial charge in [-0.15, -0.1) is 10.2 Å². The maximum absolute atomic E-state index is 5.93. The first-order chi connectivity index (χ1) is 7.39. The van der Waals surface area contributed by atoms with Gasteiger partial charge in [0.25, 0.3) is 0 Å². The quantitative estimate of drug-likeness (QED) is 0.876. The van der Waals surface area contributed by atoms with Crippen molar-refractivity contribution in [2.45, 2.75) is 26.3 Å². The van der Waals surface area contributed by atoms with Crippen LogP contribution in [-0.4, -0.2) is 22.3 Å². The molecule has 1 rings (SSSR count). The maximum Gasteiger partial charge on any atom is 0.174 e. The molecule has 0 saturated carbocycles. The number of nitrogens with one attached hydrogen (secondary N) is 1. The molecule has 6 heteroatoms. The van der Waals surface area contributed by atoms with Crippen molar-refractivity contribution in [2.24, 2.45) is 11.7 Å². The standard InChI is InChI=1S/C10H16Cl2N4/c1-6(2)10(3,5-13)14-7-4-8(11)15-16-9(7)12/h4,6H,5,13H2,1-3H3,(H,14,15). The molecule has 1 unspecified atom stereocenters. The summed E-state index contributed by atoms with van der Waals surface area (Å²) in [4.78, 5) is 0. The summed E-state index contributed by atoms with van der Waals surface area (Å²) in [5.41, 5.74) is 6.17. The highest BCUT2D eigenvalue weighted by Gasteiger charge is 2.27. The van der Waals surface area contributed by atoms with Crippen molar-refractivity contribution in [3.8, 4) is 0 Å². The van der Waals surface area contributed by atoms with Gasteiger partial charge in [0, 0.05) is 18.2 Å².